The number of alkyl halides is 4. The lowest BCUT2D eigenvalue weighted by Gasteiger charge is -2.32. The number of carboxylic acids is 1. The van der Waals surface area contributed by atoms with Gasteiger partial charge in [0.2, 0.25) is 0 Å². The molecule has 1 heterocycles. The Hall–Kier alpha value is -0.850. The molecule has 0 aromatic heterocycles. The third kappa shape index (κ3) is 4.40. The van der Waals surface area contributed by atoms with E-state index in [4.69, 9.17) is 9.90 Å². The van der Waals surface area contributed by atoms with Gasteiger partial charge in [0.1, 0.15) is 0 Å². The Balaban J connectivity index is 0.000000241. The molecule has 7 heteroatoms. The van der Waals surface area contributed by atoms with Crippen molar-refractivity contribution in [3.05, 3.63) is 0 Å². The predicted octanol–water partition coefficient (Wildman–Crippen LogP) is 1.20. The maximum absolute atomic E-state index is 11.6. The Labute approximate surface area is 78.1 Å². The number of aliphatic carboxylic acids is 1. The Morgan fingerprint density at radius 2 is 2.00 bits per heavy atom. The number of halogens is 4. The molecule has 0 saturated carbocycles. The molecule has 2 N–H and O–H groups in total. The van der Waals surface area contributed by atoms with E-state index in [2.05, 4.69) is 5.32 Å². The van der Waals surface area contributed by atoms with Gasteiger partial charge in [0, 0.05) is 18.5 Å². The average Bonchev–Trinajstić information content (AvgIpc) is 2.02. The highest BCUT2D eigenvalue weighted by Crippen LogP contribution is 2.13. The molecule has 84 valence electrons. The van der Waals surface area contributed by atoms with Crippen LogP contribution in [0.2, 0.25) is 0 Å². The van der Waals surface area contributed by atoms with Crippen LogP contribution in [0.5, 0.6) is 0 Å². The van der Waals surface area contributed by atoms with Crippen molar-refractivity contribution in [2.75, 3.05) is 13.2 Å². The summed E-state index contributed by atoms with van der Waals surface area (Å²) in [5.41, 5.74) is 0. The van der Waals surface area contributed by atoms with Crippen LogP contribution in [0.15, 0.2) is 0 Å². The summed E-state index contributed by atoms with van der Waals surface area (Å²) in [6.45, 7) is 2.72. The largest absolute Gasteiger partial charge is 0.490 e. The van der Waals surface area contributed by atoms with E-state index in [-0.39, 0.29) is 6.67 Å². The van der Waals surface area contributed by atoms with Crippen LogP contribution in [0.4, 0.5) is 17.6 Å². The SMILES string of the molecule is C[C@H]1NC[C@H]1CF.O=C(O)C(F)(F)F. The quantitative estimate of drug-likeness (QED) is 0.649. The second kappa shape index (κ2) is 5.14. The van der Waals surface area contributed by atoms with Crippen molar-refractivity contribution in [1.82, 2.24) is 5.32 Å². The predicted molar refractivity (Wildman–Crippen MR) is 40.6 cm³/mol. The van der Waals surface area contributed by atoms with Gasteiger partial charge in [0.05, 0.1) is 6.67 Å². The van der Waals surface area contributed by atoms with Gasteiger partial charge in [0.15, 0.2) is 0 Å². The molecule has 0 aliphatic carbocycles. The van der Waals surface area contributed by atoms with Crippen LogP contribution >= 0.6 is 0 Å². The molecule has 1 rings (SSSR count). The van der Waals surface area contributed by atoms with Gasteiger partial charge in [-0.05, 0) is 6.92 Å². The van der Waals surface area contributed by atoms with Crippen LogP contribution in [0.25, 0.3) is 0 Å². The Morgan fingerprint density at radius 1 is 1.57 bits per heavy atom. The fourth-order valence-corrected chi connectivity index (χ4v) is 0.708. The highest BCUT2D eigenvalue weighted by molar-refractivity contribution is 5.73. The lowest BCUT2D eigenvalue weighted by atomic mass is 9.95. The molecular weight excluding hydrogens is 206 g/mol. The summed E-state index contributed by atoms with van der Waals surface area (Å²) in [5.74, 6) is -2.45. The van der Waals surface area contributed by atoms with E-state index in [1.165, 1.54) is 0 Å². The van der Waals surface area contributed by atoms with Crippen molar-refractivity contribution in [1.29, 1.82) is 0 Å². The normalized spacial score (nSPS) is 25.8. The van der Waals surface area contributed by atoms with Crippen LogP contribution < -0.4 is 5.32 Å². The van der Waals surface area contributed by atoms with Gasteiger partial charge >= 0.3 is 12.1 Å². The van der Waals surface area contributed by atoms with Crippen LogP contribution in [0, 0.1) is 5.92 Å². The molecule has 0 aromatic carbocycles. The zero-order valence-electron chi connectivity index (χ0n) is 7.44. The van der Waals surface area contributed by atoms with E-state index in [0.29, 0.717) is 12.0 Å². The van der Waals surface area contributed by atoms with E-state index in [9.17, 15) is 17.6 Å². The molecule has 0 aromatic rings. The molecule has 1 aliphatic heterocycles. The maximum Gasteiger partial charge on any atom is 0.490 e. The van der Waals surface area contributed by atoms with Crippen molar-refractivity contribution < 1.29 is 27.5 Å². The Morgan fingerprint density at radius 3 is 2.00 bits per heavy atom. The molecule has 0 radical (unpaired) electrons. The molecule has 1 aliphatic rings. The molecule has 1 fully saturated rings. The first-order chi connectivity index (χ1) is 6.29. The zero-order valence-corrected chi connectivity index (χ0v) is 7.44. The van der Waals surface area contributed by atoms with E-state index in [0.717, 1.165) is 6.54 Å². The topological polar surface area (TPSA) is 49.3 Å². The summed E-state index contributed by atoms with van der Waals surface area (Å²) in [6.07, 6.45) is -5.08. The molecular formula is C7H11F4NO2. The fraction of sp³-hybridized carbons (Fsp3) is 0.857. The minimum absolute atomic E-state index is 0.159. The highest BCUT2D eigenvalue weighted by Gasteiger charge is 2.38. The minimum Gasteiger partial charge on any atom is -0.475 e. The minimum atomic E-state index is -5.08. The van der Waals surface area contributed by atoms with Crippen molar-refractivity contribution in [2.24, 2.45) is 5.92 Å². The van der Waals surface area contributed by atoms with Gasteiger partial charge in [-0.15, -0.1) is 0 Å². The first-order valence-electron chi connectivity index (χ1n) is 3.88. The Bertz CT molecular complexity index is 193. The fourth-order valence-electron chi connectivity index (χ4n) is 0.708. The van der Waals surface area contributed by atoms with E-state index >= 15 is 0 Å². The molecule has 0 spiro atoms. The smallest absolute Gasteiger partial charge is 0.475 e. The first-order valence-corrected chi connectivity index (χ1v) is 3.88. The van der Waals surface area contributed by atoms with Crippen molar-refractivity contribution >= 4 is 5.97 Å². The van der Waals surface area contributed by atoms with Gasteiger partial charge in [-0.1, -0.05) is 0 Å². The summed E-state index contributed by atoms with van der Waals surface area (Å²) in [6, 6.07) is 0.421. The monoisotopic (exact) mass is 217 g/mol. The Kier molecular flexibility index (Phi) is 4.82. The molecule has 2 atom stereocenters. The zero-order chi connectivity index (χ0) is 11.4. The number of nitrogens with one attached hydrogen (secondary N) is 1. The molecule has 0 amide bonds. The van der Waals surface area contributed by atoms with Gasteiger partial charge < -0.3 is 10.4 Å². The lowest BCUT2D eigenvalue weighted by Crippen LogP contribution is -2.51. The van der Waals surface area contributed by atoms with Crippen molar-refractivity contribution in [3.63, 3.8) is 0 Å². The maximum atomic E-state index is 11.6. The number of carbonyl (C=O) groups is 1. The molecule has 1 saturated heterocycles. The molecule has 14 heavy (non-hydrogen) atoms. The third-order valence-electron chi connectivity index (χ3n) is 1.85. The molecule has 3 nitrogen and oxygen atoms in total. The van der Waals surface area contributed by atoms with Gasteiger partial charge in [0.25, 0.3) is 0 Å². The van der Waals surface area contributed by atoms with Crippen molar-refractivity contribution in [3.8, 4) is 0 Å². The molecule has 0 unspecified atom stereocenters. The summed E-state index contributed by atoms with van der Waals surface area (Å²) in [5, 5.41) is 10.2. The van der Waals surface area contributed by atoms with Gasteiger partial charge in [-0.3, -0.25) is 4.39 Å². The summed E-state index contributed by atoms with van der Waals surface area (Å²) in [7, 11) is 0. The lowest BCUT2D eigenvalue weighted by molar-refractivity contribution is -0.192. The van der Waals surface area contributed by atoms with Gasteiger partial charge in [-0.2, -0.15) is 13.2 Å². The van der Waals surface area contributed by atoms with Crippen LogP contribution in [-0.2, 0) is 4.79 Å². The van der Waals surface area contributed by atoms with Crippen molar-refractivity contribution in [2.45, 2.75) is 19.1 Å². The summed E-state index contributed by atoms with van der Waals surface area (Å²) in [4.78, 5) is 8.90. The molecule has 0 bridgehead atoms. The number of carboxylic acid groups (broad SMARTS) is 1. The van der Waals surface area contributed by atoms with Crippen LogP contribution in [-0.4, -0.2) is 36.5 Å². The van der Waals surface area contributed by atoms with Crippen LogP contribution in [0.3, 0.4) is 0 Å². The second-order valence-corrected chi connectivity index (χ2v) is 2.91. The summed E-state index contributed by atoms with van der Waals surface area (Å²) >= 11 is 0. The van der Waals surface area contributed by atoms with E-state index in [1.807, 2.05) is 6.92 Å². The third-order valence-corrected chi connectivity index (χ3v) is 1.85. The van der Waals surface area contributed by atoms with E-state index in [1.54, 1.807) is 0 Å². The standard InChI is InChI=1S/C5H10FN.C2HF3O2/c1-4-5(2-6)3-7-4;3-2(4,5)1(6)7/h4-5,7H,2-3H2,1H3;(H,6,7)/t4-,5-;/m1./s1. The second-order valence-electron chi connectivity index (χ2n) is 2.91. The first kappa shape index (κ1) is 13.2. The highest BCUT2D eigenvalue weighted by atomic mass is 19.4. The van der Waals surface area contributed by atoms with Crippen LogP contribution in [0.1, 0.15) is 6.92 Å². The number of hydrogen-bond donors (Lipinski definition) is 2. The average molecular weight is 217 g/mol. The number of hydrogen-bond acceptors (Lipinski definition) is 2. The summed E-state index contributed by atoms with van der Waals surface area (Å²) < 4.78 is 43.4. The van der Waals surface area contributed by atoms with Gasteiger partial charge in [-0.25, -0.2) is 4.79 Å². The number of rotatable bonds is 1. The van der Waals surface area contributed by atoms with E-state index < -0.39 is 12.1 Å².